The van der Waals surface area contributed by atoms with Crippen LogP contribution in [0, 0.1) is 5.82 Å². The lowest BCUT2D eigenvalue weighted by Crippen LogP contribution is -2.08. The van der Waals surface area contributed by atoms with Gasteiger partial charge >= 0.3 is 0 Å². The highest BCUT2D eigenvalue weighted by atomic mass is 32.2. The zero-order chi connectivity index (χ0) is 9.84. The molecule has 72 valence electrons. The SMILES string of the molecule is CCSc1cccc(F)c1[C@H](C)N. The largest absolute Gasteiger partial charge is 0.324 e. The molecule has 0 aliphatic rings. The molecule has 1 rings (SSSR count). The first-order valence-corrected chi connectivity index (χ1v) is 5.32. The van der Waals surface area contributed by atoms with Crippen LogP contribution in [-0.2, 0) is 0 Å². The summed E-state index contributed by atoms with van der Waals surface area (Å²) in [5, 5.41) is 0. The van der Waals surface area contributed by atoms with E-state index in [1.807, 2.05) is 13.0 Å². The Labute approximate surface area is 82.5 Å². The van der Waals surface area contributed by atoms with Gasteiger partial charge in [0.2, 0.25) is 0 Å². The van der Waals surface area contributed by atoms with E-state index in [1.165, 1.54) is 6.07 Å². The molecule has 1 aromatic carbocycles. The molecule has 0 spiro atoms. The second-order valence-electron chi connectivity index (χ2n) is 2.87. The summed E-state index contributed by atoms with van der Waals surface area (Å²) in [7, 11) is 0. The van der Waals surface area contributed by atoms with Gasteiger partial charge in [-0.25, -0.2) is 4.39 Å². The van der Waals surface area contributed by atoms with Crippen LogP contribution >= 0.6 is 11.8 Å². The van der Waals surface area contributed by atoms with Crippen LogP contribution in [0.15, 0.2) is 23.1 Å². The van der Waals surface area contributed by atoms with Gasteiger partial charge in [-0.3, -0.25) is 0 Å². The molecule has 13 heavy (non-hydrogen) atoms. The lowest BCUT2D eigenvalue weighted by molar-refractivity contribution is 0.585. The Morgan fingerprint density at radius 3 is 2.77 bits per heavy atom. The van der Waals surface area contributed by atoms with Crippen LogP contribution in [0.25, 0.3) is 0 Å². The molecular weight excluding hydrogens is 185 g/mol. The van der Waals surface area contributed by atoms with E-state index in [0.29, 0.717) is 5.56 Å². The topological polar surface area (TPSA) is 26.0 Å². The minimum absolute atomic E-state index is 0.201. The van der Waals surface area contributed by atoms with Crippen molar-refractivity contribution in [2.24, 2.45) is 5.73 Å². The van der Waals surface area contributed by atoms with Gasteiger partial charge in [0.05, 0.1) is 0 Å². The summed E-state index contributed by atoms with van der Waals surface area (Å²) >= 11 is 1.62. The molecule has 1 aromatic rings. The molecule has 3 heteroatoms. The molecule has 0 saturated carbocycles. The van der Waals surface area contributed by atoms with E-state index in [2.05, 4.69) is 0 Å². The summed E-state index contributed by atoms with van der Waals surface area (Å²) < 4.78 is 13.3. The van der Waals surface area contributed by atoms with Gasteiger partial charge in [-0.2, -0.15) is 0 Å². The first-order chi connectivity index (χ1) is 6.16. The van der Waals surface area contributed by atoms with Crippen LogP contribution in [0.4, 0.5) is 4.39 Å². The minimum Gasteiger partial charge on any atom is -0.324 e. The monoisotopic (exact) mass is 199 g/mol. The van der Waals surface area contributed by atoms with Crippen LogP contribution in [0.5, 0.6) is 0 Å². The lowest BCUT2D eigenvalue weighted by atomic mass is 10.1. The van der Waals surface area contributed by atoms with Crippen molar-refractivity contribution < 1.29 is 4.39 Å². The highest BCUT2D eigenvalue weighted by Gasteiger charge is 2.11. The second-order valence-corrected chi connectivity index (χ2v) is 4.18. The third kappa shape index (κ3) is 2.45. The predicted molar refractivity (Wildman–Crippen MR) is 55.4 cm³/mol. The molecule has 0 heterocycles. The van der Waals surface area contributed by atoms with Crippen molar-refractivity contribution in [2.45, 2.75) is 24.8 Å². The van der Waals surface area contributed by atoms with Gasteiger partial charge in [0.25, 0.3) is 0 Å². The number of benzene rings is 1. The van der Waals surface area contributed by atoms with Crippen molar-refractivity contribution in [3.63, 3.8) is 0 Å². The summed E-state index contributed by atoms with van der Waals surface area (Å²) in [4.78, 5) is 0.956. The van der Waals surface area contributed by atoms with Crippen molar-refractivity contribution in [1.82, 2.24) is 0 Å². The van der Waals surface area contributed by atoms with E-state index in [4.69, 9.17) is 5.73 Å². The van der Waals surface area contributed by atoms with Gasteiger partial charge in [-0.05, 0) is 24.8 Å². The fraction of sp³-hybridized carbons (Fsp3) is 0.400. The molecule has 0 radical (unpaired) electrons. The van der Waals surface area contributed by atoms with Crippen molar-refractivity contribution in [3.05, 3.63) is 29.6 Å². The zero-order valence-electron chi connectivity index (χ0n) is 7.88. The normalized spacial score (nSPS) is 12.9. The van der Waals surface area contributed by atoms with E-state index in [1.54, 1.807) is 24.8 Å². The third-order valence-electron chi connectivity index (χ3n) is 1.77. The molecule has 2 N–H and O–H groups in total. The summed E-state index contributed by atoms with van der Waals surface area (Å²) in [5.74, 6) is 0.733. The molecule has 0 amide bonds. The van der Waals surface area contributed by atoms with Gasteiger partial charge in [0.15, 0.2) is 0 Å². The number of rotatable bonds is 3. The molecule has 1 atom stereocenters. The fourth-order valence-electron chi connectivity index (χ4n) is 1.24. The van der Waals surface area contributed by atoms with Crippen molar-refractivity contribution >= 4 is 11.8 Å². The highest BCUT2D eigenvalue weighted by Crippen LogP contribution is 2.28. The maximum atomic E-state index is 13.3. The van der Waals surface area contributed by atoms with Gasteiger partial charge in [0, 0.05) is 16.5 Å². The molecule has 0 saturated heterocycles. The summed E-state index contributed by atoms with van der Waals surface area (Å²) in [5.41, 5.74) is 6.33. The standard InChI is InChI=1S/C10H14FNS/c1-3-13-9-6-4-5-8(11)10(9)7(2)12/h4-7H,3,12H2,1-2H3/t7-/m0/s1. The Morgan fingerprint density at radius 2 is 2.23 bits per heavy atom. The number of thioether (sulfide) groups is 1. The quantitative estimate of drug-likeness (QED) is 0.757. The number of hydrogen-bond donors (Lipinski definition) is 1. The van der Waals surface area contributed by atoms with Crippen LogP contribution < -0.4 is 5.73 Å². The Bertz CT molecular complexity index is 286. The Kier molecular flexibility index (Phi) is 3.75. The number of nitrogens with two attached hydrogens (primary N) is 1. The van der Waals surface area contributed by atoms with Crippen molar-refractivity contribution in [1.29, 1.82) is 0 Å². The third-order valence-corrected chi connectivity index (χ3v) is 2.72. The minimum atomic E-state index is -0.241. The first-order valence-electron chi connectivity index (χ1n) is 4.33. The van der Waals surface area contributed by atoms with E-state index in [-0.39, 0.29) is 11.9 Å². The lowest BCUT2D eigenvalue weighted by Gasteiger charge is -2.12. The first kappa shape index (κ1) is 10.5. The molecule has 0 bridgehead atoms. The zero-order valence-corrected chi connectivity index (χ0v) is 8.70. The Balaban J connectivity index is 3.10. The smallest absolute Gasteiger partial charge is 0.129 e. The predicted octanol–water partition coefficient (Wildman–Crippen LogP) is 2.96. The van der Waals surface area contributed by atoms with Crippen molar-refractivity contribution in [2.75, 3.05) is 5.75 Å². The van der Waals surface area contributed by atoms with Crippen molar-refractivity contribution in [3.8, 4) is 0 Å². The van der Waals surface area contributed by atoms with E-state index in [9.17, 15) is 4.39 Å². The Hall–Kier alpha value is -0.540. The summed E-state index contributed by atoms with van der Waals surface area (Å²) in [6, 6.07) is 4.85. The van der Waals surface area contributed by atoms with Gasteiger partial charge < -0.3 is 5.73 Å². The maximum absolute atomic E-state index is 13.3. The molecule has 0 fully saturated rings. The van der Waals surface area contributed by atoms with Crippen LogP contribution in [0.3, 0.4) is 0 Å². The molecule has 0 aromatic heterocycles. The molecule has 1 nitrogen and oxygen atoms in total. The highest BCUT2D eigenvalue weighted by molar-refractivity contribution is 7.99. The van der Waals surface area contributed by atoms with Gasteiger partial charge in [0.1, 0.15) is 5.82 Å². The average Bonchev–Trinajstić information content (AvgIpc) is 2.04. The maximum Gasteiger partial charge on any atom is 0.129 e. The van der Waals surface area contributed by atoms with Crippen LogP contribution in [0.1, 0.15) is 25.5 Å². The number of hydrogen-bond acceptors (Lipinski definition) is 2. The number of halogens is 1. The van der Waals surface area contributed by atoms with Crippen LogP contribution in [0.2, 0.25) is 0 Å². The van der Waals surface area contributed by atoms with E-state index in [0.717, 1.165) is 10.6 Å². The molecule has 0 aliphatic heterocycles. The van der Waals surface area contributed by atoms with Crippen LogP contribution in [-0.4, -0.2) is 5.75 Å². The summed E-state index contributed by atoms with van der Waals surface area (Å²) in [6.07, 6.45) is 0. The molecular formula is C10H14FNS. The summed E-state index contributed by atoms with van der Waals surface area (Å²) in [6.45, 7) is 3.85. The van der Waals surface area contributed by atoms with Gasteiger partial charge in [-0.15, -0.1) is 11.8 Å². The fourth-order valence-corrected chi connectivity index (χ4v) is 2.17. The second kappa shape index (κ2) is 4.63. The average molecular weight is 199 g/mol. The van der Waals surface area contributed by atoms with Gasteiger partial charge in [-0.1, -0.05) is 13.0 Å². The van der Waals surface area contributed by atoms with E-state index >= 15 is 0 Å². The van der Waals surface area contributed by atoms with E-state index < -0.39 is 0 Å². The molecule has 0 unspecified atom stereocenters. The molecule has 0 aliphatic carbocycles. The Morgan fingerprint density at radius 1 is 1.54 bits per heavy atom.